The van der Waals surface area contributed by atoms with Crippen molar-refractivity contribution in [2.75, 3.05) is 69.5 Å². The van der Waals surface area contributed by atoms with Gasteiger partial charge in [-0.2, -0.15) is 0 Å². The van der Waals surface area contributed by atoms with Gasteiger partial charge in [0.1, 0.15) is 5.58 Å². The van der Waals surface area contributed by atoms with Crippen LogP contribution in [0.4, 0.5) is 11.6 Å². The molecule has 0 spiro atoms. The standard InChI is InChI=1S/C33H33N3O5S/c1-21(35-11-15-39-16-12-35)33(38)34(2)22-9-10-29-27(19-22)25-7-4-6-24(32(25)42-29)23-5-3-8-26-28(37)20-30(41-31(23)26)36-13-17-40-18-14-36/h3-10,19-21H,11-18H2,1-2H3/t21-/m1/s1. The van der Waals surface area contributed by atoms with Gasteiger partial charge in [0.05, 0.1) is 37.9 Å². The minimum absolute atomic E-state index is 0.0493. The van der Waals surface area contributed by atoms with Crippen LogP contribution < -0.4 is 15.2 Å². The van der Waals surface area contributed by atoms with E-state index < -0.39 is 0 Å². The molecule has 8 nitrogen and oxygen atoms in total. The van der Waals surface area contributed by atoms with Crippen molar-refractivity contribution in [3.8, 4) is 11.1 Å². The zero-order chi connectivity index (χ0) is 28.8. The van der Waals surface area contributed by atoms with Crippen molar-refractivity contribution in [2.45, 2.75) is 13.0 Å². The predicted octanol–water partition coefficient (Wildman–Crippen LogP) is 5.35. The molecule has 0 saturated carbocycles. The van der Waals surface area contributed by atoms with Crippen molar-refractivity contribution in [1.29, 1.82) is 0 Å². The van der Waals surface area contributed by atoms with E-state index in [9.17, 15) is 9.59 Å². The van der Waals surface area contributed by atoms with E-state index in [-0.39, 0.29) is 17.4 Å². The number of benzene rings is 3. The second-order valence-electron chi connectivity index (χ2n) is 10.9. The Morgan fingerprint density at radius 3 is 2.31 bits per heavy atom. The van der Waals surface area contributed by atoms with Crippen molar-refractivity contribution < 1.29 is 18.7 Å². The summed E-state index contributed by atoms with van der Waals surface area (Å²) in [5, 5.41) is 2.78. The van der Waals surface area contributed by atoms with E-state index in [4.69, 9.17) is 13.9 Å². The van der Waals surface area contributed by atoms with Crippen molar-refractivity contribution in [3.05, 3.63) is 70.9 Å². The highest BCUT2D eigenvalue weighted by Crippen LogP contribution is 2.43. The molecule has 2 aliphatic rings. The topological polar surface area (TPSA) is 75.5 Å². The molecule has 0 bridgehead atoms. The molecule has 5 aromatic rings. The number of rotatable bonds is 5. The maximum absolute atomic E-state index is 13.4. The van der Waals surface area contributed by atoms with Crippen LogP contribution in [0, 0.1) is 0 Å². The molecule has 1 atom stereocenters. The maximum Gasteiger partial charge on any atom is 0.243 e. The van der Waals surface area contributed by atoms with Gasteiger partial charge in [0.15, 0.2) is 11.3 Å². The number of fused-ring (bicyclic) bond motifs is 4. The quantitative estimate of drug-likeness (QED) is 0.276. The van der Waals surface area contributed by atoms with E-state index in [1.165, 1.54) is 0 Å². The minimum atomic E-state index is -0.219. The molecular weight excluding hydrogens is 550 g/mol. The molecule has 3 aromatic carbocycles. The third-order valence-electron chi connectivity index (χ3n) is 8.50. The van der Waals surface area contributed by atoms with Gasteiger partial charge in [-0.25, -0.2) is 0 Å². The molecule has 1 amide bonds. The van der Waals surface area contributed by atoms with E-state index in [1.54, 1.807) is 22.3 Å². The molecule has 2 fully saturated rings. The number of anilines is 2. The lowest BCUT2D eigenvalue weighted by Crippen LogP contribution is -2.50. The van der Waals surface area contributed by atoms with Gasteiger partial charge >= 0.3 is 0 Å². The summed E-state index contributed by atoms with van der Waals surface area (Å²) in [6, 6.07) is 19.7. The van der Waals surface area contributed by atoms with Crippen molar-refractivity contribution in [1.82, 2.24) is 4.90 Å². The van der Waals surface area contributed by atoms with Crippen molar-refractivity contribution in [3.63, 3.8) is 0 Å². The first-order valence-electron chi connectivity index (χ1n) is 14.4. The van der Waals surface area contributed by atoms with Crippen molar-refractivity contribution >= 4 is 60.0 Å². The van der Waals surface area contributed by atoms with Crippen LogP contribution in [0.15, 0.2) is 69.9 Å². The van der Waals surface area contributed by atoms with Crippen LogP contribution >= 0.6 is 11.3 Å². The summed E-state index contributed by atoms with van der Waals surface area (Å²) in [6.07, 6.45) is 0. The second-order valence-corrected chi connectivity index (χ2v) is 12.0. The molecule has 9 heteroatoms. The first-order chi connectivity index (χ1) is 20.5. The largest absolute Gasteiger partial charge is 0.440 e. The van der Waals surface area contributed by atoms with Crippen molar-refractivity contribution in [2.24, 2.45) is 0 Å². The summed E-state index contributed by atoms with van der Waals surface area (Å²) >= 11 is 1.71. The number of para-hydroxylation sites is 1. The number of carbonyl (C=O) groups excluding carboxylic acids is 1. The molecular formula is C33H33N3O5S. The molecule has 0 radical (unpaired) electrons. The molecule has 2 aromatic heterocycles. The van der Waals surface area contributed by atoms with Gasteiger partial charge in [-0.15, -0.1) is 11.3 Å². The molecule has 2 aliphatic heterocycles. The van der Waals surface area contributed by atoms with Crippen LogP contribution in [-0.2, 0) is 14.3 Å². The number of likely N-dealkylation sites (N-methyl/N-ethyl adjacent to an activating group) is 1. The Balaban J connectivity index is 1.29. The Morgan fingerprint density at radius 2 is 1.55 bits per heavy atom. The highest BCUT2D eigenvalue weighted by Gasteiger charge is 2.27. The SMILES string of the molecule is C[C@H](C(=O)N(C)c1ccc2sc3c(-c4cccc5c(=O)cc(N6CCOCC6)oc45)cccc3c2c1)N1CCOCC1. The summed E-state index contributed by atoms with van der Waals surface area (Å²) in [4.78, 5) is 32.6. The summed E-state index contributed by atoms with van der Waals surface area (Å²) in [5.74, 6) is 0.647. The molecule has 42 heavy (non-hydrogen) atoms. The van der Waals surface area contributed by atoms with E-state index in [0.29, 0.717) is 56.4 Å². The number of ether oxygens (including phenoxy) is 2. The number of hydrogen-bond donors (Lipinski definition) is 0. The lowest BCUT2D eigenvalue weighted by molar-refractivity contribution is -0.124. The zero-order valence-corrected chi connectivity index (χ0v) is 24.6. The lowest BCUT2D eigenvalue weighted by Gasteiger charge is -2.33. The first-order valence-corrected chi connectivity index (χ1v) is 15.3. The predicted molar refractivity (Wildman–Crippen MR) is 169 cm³/mol. The first kappa shape index (κ1) is 27.1. The van der Waals surface area contributed by atoms with Gasteiger partial charge in [0.25, 0.3) is 0 Å². The monoisotopic (exact) mass is 583 g/mol. The smallest absolute Gasteiger partial charge is 0.243 e. The second kappa shape index (κ2) is 11.1. The van der Waals surface area contributed by atoms with Crippen LogP contribution in [0.3, 0.4) is 0 Å². The lowest BCUT2D eigenvalue weighted by atomic mass is 10.0. The van der Waals surface area contributed by atoms with Crippen LogP contribution in [0.5, 0.6) is 0 Å². The fourth-order valence-electron chi connectivity index (χ4n) is 6.05. The van der Waals surface area contributed by atoms with Crippen LogP contribution in [-0.4, -0.2) is 76.5 Å². The van der Waals surface area contributed by atoms with Gasteiger partial charge in [-0.05, 0) is 31.2 Å². The van der Waals surface area contributed by atoms with Gasteiger partial charge in [0.2, 0.25) is 5.91 Å². The summed E-state index contributed by atoms with van der Waals surface area (Å²) in [7, 11) is 1.85. The fraction of sp³-hybridized carbons (Fsp3) is 0.333. The van der Waals surface area contributed by atoms with Gasteiger partial charge in [-0.1, -0.05) is 30.3 Å². The van der Waals surface area contributed by atoms with Crippen LogP contribution in [0.2, 0.25) is 0 Å². The number of hydrogen-bond acceptors (Lipinski definition) is 8. The Hall–Kier alpha value is -3.76. The van der Waals surface area contributed by atoms with E-state index in [1.807, 2.05) is 38.2 Å². The Labute approximate surface area is 247 Å². The third-order valence-corrected chi connectivity index (χ3v) is 9.72. The summed E-state index contributed by atoms with van der Waals surface area (Å²) in [6.45, 7) is 7.41. The Kier molecular flexibility index (Phi) is 7.19. The number of nitrogens with zero attached hydrogens (tertiary/aromatic N) is 3. The van der Waals surface area contributed by atoms with E-state index >= 15 is 0 Å². The van der Waals surface area contributed by atoms with E-state index in [2.05, 4.69) is 40.1 Å². The minimum Gasteiger partial charge on any atom is -0.440 e. The number of morpholine rings is 2. The molecule has 2 saturated heterocycles. The Morgan fingerprint density at radius 1 is 0.857 bits per heavy atom. The molecule has 0 N–H and O–H groups in total. The van der Waals surface area contributed by atoms with Gasteiger partial charge in [-0.3, -0.25) is 14.5 Å². The molecule has 0 unspecified atom stereocenters. The average Bonchev–Trinajstić information content (AvgIpc) is 3.42. The molecule has 7 rings (SSSR count). The number of carbonyl (C=O) groups is 1. The molecule has 216 valence electrons. The zero-order valence-electron chi connectivity index (χ0n) is 23.8. The summed E-state index contributed by atoms with van der Waals surface area (Å²) in [5.41, 5.74) is 3.33. The summed E-state index contributed by atoms with van der Waals surface area (Å²) < 4.78 is 19.7. The number of amides is 1. The van der Waals surface area contributed by atoms with Gasteiger partial charge in [0, 0.05) is 76.3 Å². The van der Waals surface area contributed by atoms with E-state index in [0.717, 1.165) is 50.1 Å². The Bertz CT molecular complexity index is 1850. The average molecular weight is 584 g/mol. The normalized spacial score (nSPS) is 17.2. The fourth-order valence-corrected chi connectivity index (χ4v) is 7.26. The highest BCUT2D eigenvalue weighted by molar-refractivity contribution is 7.26. The third kappa shape index (κ3) is 4.76. The van der Waals surface area contributed by atoms with Gasteiger partial charge < -0.3 is 23.7 Å². The molecule has 4 heterocycles. The van der Waals surface area contributed by atoms with Crippen LogP contribution in [0.25, 0.3) is 42.3 Å². The molecule has 0 aliphatic carbocycles. The highest BCUT2D eigenvalue weighted by atomic mass is 32.1. The van der Waals surface area contributed by atoms with Crippen LogP contribution in [0.1, 0.15) is 6.92 Å². The maximum atomic E-state index is 13.4. The number of thiophene rings is 1.